The number of alkyl halides is 25. The third-order valence-corrected chi connectivity index (χ3v) is 6.69. The van der Waals surface area contributed by atoms with Crippen LogP contribution >= 0.6 is 0 Å². The molecule has 3 rings (SSSR count). The van der Waals surface area contributed by atoms with Crippen molar-refractivity contribution in [3.05, 3.63) is 0 Å². The predicted molar refractivity (Wildman–Crippen MR) is 67.8 cm³/mol. The van der Waals surface area contributed by atoms with Gasteiger partial charge in [-0.1, -0.05) is 0 Å². The number of hydrogen-bond donors (Lipinski definition) is 0. The van der Waals surface area contributed by atoms with Gasteiger partial charge in [-0.15, -0.1) is 0 Å². The smallest absolute Gasteiger partial charge is 0.227 e. The molecule has 2 aliphatic carbocycles. The van der Waals surface area contributed by atoms with Crippen LogP contribution in [0.4, 0.5) is 110 Å². The zero-order valence-corrected chi connectivity index (χ0v) is 16.9. The molecule has 0 aromatic carbocycles. The maximum atomic E-state index is 15.5. The van der Waals surface area contributed by atoms with E-state index in [0.717, 1.165) is 0 Å². The average Bonchev–Trinajstić information content (AvgIpc) is 2.87. The Morgan fingerprint density at radius 2 is 0.500 bits per heavy atom. The van der Waals surface area contributed by atoms with Crippen LogP contribution in [0.5, 0.6) is 0 Å². The van der Waals surface area contributed by atoms with Gasteiger partial charge in [0, 0.05) is 0 Å². The van der Waals surface area contributed by atoms with Gasteiger partial charge in [-0.25, -0.2) is 17.6 Å². The van der Waals surface area contributed by atoms with Crippen molar-refractivity contribution in [3.63, 3.8) is 0 Å². The second-order valence-electron chi connectivity index (χ2n) is 8.53. The van der Waals surface area contributed by atoms with Gasteiger partial charge in [0.2, 0.25) is 0 Å². The van der Waals surface area contributed by atoms with E-state index in [1.54, 1.807) is 0 Å². The molecule has 236 valence electrons. The van der Waals surface area contributed by atoms with Crippen molar-refractivity contribution < 1.29 is 110 Å². The maximum absolute atomic E-state index is 15.5. The Bertz CT molecular complexity index is 1050. The zero-order chi connectivity index (χ0) is 32.6. The molecule has 0 spiro atoms. The highest BCUT2D eigenvalue weighted by atomic mass is 19.4. The largest absolute Gasteiger partial charge is 0.469 e. The van der Waals surface area contributed by atoms with Crippen molar-refractivity contribution in [1.82, 2.24) is 4.90 Å². The molecule has 0 aromatic heterocycles. The molecular weight excluding hydrogens is 657 g/mol. The number of hydrogen-bond acceptors (Lipinski definition) is 1. The lowest BCUT2D eigenvalue weighted by Crippen LogP contribution is -2.92. The van der Waals surface area contributed by atoms with Gasteiger partial charge < -0.3 is 0 Å². The molecule has 2 saturated carbocycles. The Labute approximate surface area is 198 Å². The fourth-order valence-electron chi connectivity index (χ4n) is 4.69. The zero-order valence-electron chi connectivity index (χ0n) is 16.9. The molecular formula is C14F25N. The van der Waals surface area contributed by atoms with Gasteiger partial charge in [-0.3, -0.25) is 0 Å². The summed E-state index contributed by atoms with van der Waals surface area (Å²) in [4.78, 5) is -5.40. The summed E-state index contributed by atoms with van der Waals surface area (Å²) in [5.41, 5.74) is -19.1. The highest BCUT2D eigenvalue weighted by Gasteiger charge is 3.20. The van der Waals surface area contributed by atoms with E-state index in [4.69, 9.17) is 0 Å². The van der Waals surface area contributed by atoms with E-state index in [1.807, 2.05) is 0 Å². The van der Waals surface area contributed by atoms with E-state index >= 15 is 17.6 Å². The minimum atomic E-state index is -9.57. The van der Waals surface area contributed by atoms with Gasteiger partial charge in [0.25, 0.3) is 22.9 Å². The van der Waals surface area contributed by atoms with Crippen molar-refractivity contribution in [3.8, 4) is 0 Å². The van der Waals surface area contributed by atoms with Crippen molar-refractivity contribution in [1.29, 1.82) is 0 Å². The number of halogens is 25. The van der Waals surface area contributed by atoms with Crippen LogP contribution in [-0.2, 0) is 0 Å². The van der Waals surface area contributed by atoms with E-state index in [2.05, 4.69) is 0 Å². The summed E-state index contributed by atoms with van der Waals surface area (Å²) in [5, 5.41) is 0. The monoisotopic (exact) mass is 657 g/mol. The third-order valence-electron chi connectivity index (χ3n) is 6.69. The molecule has 4 unspecified atom stereocenters. The lowest BCUT2D eigenvalue weighted by molar-refractivity contribution is -0.502. The topological polar surface area (TPSA) is 3.24 Å². The molecule has 1 nitrogen and oxygen atoms in total. The van der Waals surface area contributed by atoms with Gasteiger partial charge >= 0.3 is 59.6 Å². The van der Waals surface area contributed by atoms with Crippen molar-refractivity contribution in [2.24, 2.45) is 0 Å². The molecule has 3 aliphatic rings. The van der Waals surface area contributed by atoms with Gasteiger partial charge in [0.15, 0.2) is 0 Å². The summed E-state index contributed by atoms with van der Waals surface area (Å²) >= 11 is 0. The van der Waals surface area contributed by atoms with Crippen LogP contribution in [0.25, 0.3) is 0 Å². The molecule has 26 heteroatoms. The van der Waals surface area contributed by atoms with Crippen molar-refractivity contribution in [2.45, 2.75) is 82.5 Å². The first-order valence-electron chi connectivity index (χ1n) is 8.90. The van der Waals surface area contributed by atoms with Crippen LogP contribution in [-0.4, -0.2) is 87.4 Å². The summed E-state index contributed by atoms with van der Waals surface area (Å²) in [6.45, 7) is 0. The molecule has 0 bridgehead atoms. The molecule has 40 heavy (non-hydrogen) atoms. The van der Waals surface area contributed by atoms with Gasteiger partial charge in [0.1, 0.15) is 0 Å². The van der Waals surface area contributed by atoms with Gasteiger partial charge in [-0.2, -0.15) is 97.1 Å². The van der Waals surface area contributed by atoms with E-state index in [9.17, 15) is 92.2 Å². The predicted octanol–water partition coefficient (Wildman–Crippen LogP) is 7.31. The quantitative estimate of drug-likeness (QED) is 0.211. The lowest BCUT2D eigenvalue weighted by Gasteiger charge is -2.58. The molecule has 0 radical (unpaired) electrons. The third kappa shape index (κ3) is 2.22. The van der Waals surface area contributed by atoms with Gasteiger partial charge in [-0.05, 0) is 0 Å². The summed E-state index contributed by atoms with van der Waals surface area (Å²) < 4.78 is 353. The second-order valence-corrected chi connectivity index (χ2v) is 8.53. The number of nitrogens with zero attached hydrogens (tertiary/aromatic N) is 1. The van der Waals surface area contributed by atoms with Crippen molar-refractivity contribution >= 4 is 0 Å². The van der Waals surface area contributed by atoms with Crippen molar-refractivity contribution in [2.75, 3.05) is 0 Å². The van der Waals surface area contributed by atoms with E-state index in [-0.39, 0.29) is 0 Å². The molecule has 1 aliphatic heterocycles. The molecule has 1 saturated heterocycles. The summed E-state index contributed by atoms with van der Waals surface area (Å²) in [5.74, 6) is -91.3. The Kier molecular flexibility index (Phi) is 5.50. The van der Waals surface area contributed by atoms with Crippen LogP contribution in [0, 0.1) is 0 Å². The lowest BCUT2D eigenvalue weighted by atomic mass is 9.58. The highest BCUT2D eigenvalue weighted by molar-refractivity contribution is 5.49. The van der Waals surface area contributed by atoms with E-state index < -0.39 is 87.4 Å². The number of fused-ring (bicyclic) bond motifs is 3. The highest BCUT2D eigenvalue weighted by Crippen LogP contribution is 2.86. The summed E-state index contributed by atoms with van der Waals surface area (Å²) in [7, 11) is 0. The Morgan fingerprint density at radius 3 is 0.700 bits per heavy atom. The average molecular weight is 657 g/mol. The standard InChI is InChI=1S/C14F25N/c15-1-2(16)4(19,20)6(23,24)8(27,28)10(31,32)12(2,34)40(14(38,39)13(35,36)37)11(1,33)9(29,30)7(25,26)5(21,22)3(1,17)18. The Balaban J connectivity index is 2.89. The molecule has 0 N–H and O–H groups in total. The van der Waals surface area contributed by atoms with Crippen LogP contribution in [0.3, 0.4) is 0 Å². The molecule has 1 heterocycles. The molecule has 3 fully saturated rings. The molecule has 0 aromatic rings. The fraction of sp³-hybridized carbons (Fsp3) is 1.00. The minimum Gasteiger partial charge on any atom is -0.227 e. The molecule has 4 atom stereocenters. The van der Waals surface area contributed by atoms with Crippen LogP contribution in [0.1, 0.15) is 0 Å². The first-order chi connectivity index (χ1) is 16.9. The number of likely N-dealkylation sites (tertiary alicyclic amines) is 1. The molecule has 0 amide bonds. The van der Waals surface area contributed by atoms with Crippen LogP contribution in [0.15, 0.2) is 0 Å². The Morgan fingerprint density at radius 1 is 0.300 bits per heavy atom. The van der Waals surface area contributed by atoms with E-state index in [1.165, 1.54) is 0 Å². The van der Waals surface area contributed by atoms with E-state index in [0.29, 0.717) is 0 Å². The SMILES string of the molecule is FC(F)(F)C(F)(F)N1C2(F)C(F)(F)C(F)(F)C(F)(F)C(F)(F)C2(F)C2(F)C(F)(F)C(F)(F)C(F)(F)C(F)(F)C12F. The van der Waals surface area contributed by atoms with Gasteiger partial charge in [0.05, 0.1) is 0 Å². The minimum absolute atomic E-state index is 5.40. The van der Waals surface area contributed by atoms with Crippen LogP contribution < -0.4 is 0 Å². The number of rotatable bonds is 1. The first kappa shape index (κ1) is 32.7. The summed E-state index contributed by atoms with van der Waals surface area (Å²) in [6, 6.07) is -9.08. The second kappa shape index (κ2) is 6.72. The first-order valence-corrected chi connectivity index (χ1v) is 8.90. The van der Waals surface area contributed by atoms with Crippen LogP contribution in [0.2, 0.25) is 0 Å². The fourth-order valence-corrected chi connectivity index (χ4v) is 4.69. The normalized spacial score (nSPS) is 44.0. The summed E-state index contributed by atoms with van der Waals surface area (Å²) in [6.07, 6.45) is -8.58. The maximum Gasteiger partial charge on any atom is 0.469 e. The Hall–Kier alpha value is -1.79.